The Hall–Kier alpha value is -2.83. The number of benzene rings is 2. The summed E-state index contributed by atoms with van der Waals surface area (Å²) >= 11 is 7.56. The van der Waals surface area contributed by atoms with Crippen LogP contribution in [0, 0.1) is 0 Å². The van der Waals surface area contributed by atoms with Crippen LogP contribution in [0.5, 0.6) is 5.75 Å². The molecule has 0 aliphatic carbocycles. The van der Waals surface area contributed by atoms with E-state index in [2.05, 4.69) is 10.3 Å². The maximum atomic E-state index is 12.9. The molecule has 0 atom stereocenters. The van der Waals surface area contributed by atoms with Crippen molar-refractivity contribution in [2.45, 2.75) is 0 Å². The first-order valence-electron chi connectivity index (χ1n) is 7.83. The van der Waals surface area contributed by atoms with Gasteiger partial charge in [0.05, 0.1) is 12.7 Å². The summed E-state index contributed by atoms with van der Waals surface area (Å²) < 4.78 is 7.15. The topological polar surface area (TPSA) is 55.6 Å². The molecule has 0 saturated heterocycles. The number of ether oxygens (including phenoxy) is 1. The minimum absolute atomic E-state index is 0.311. The van der Waals surface area contributed by atoms with E-state index in [4.69, 9.17) is 16.3 Å². The van der Waals surface area contributed by atoms with Crippen LogP contribution in [0.15, 0.2) is 60.1 Å². The zero-order valence-electron chi connectivity index (χ0n) is 13.8. The number of anilines is 1. The number of rotatable bonds is 4. The van der Waals surface area contributed by atoms with Gasteiger partial charge in [-0.3, -0.25) is 9.20 Å². The van der Waals surface area contributed by atoms with Crippen LogP contribution in [-0.2, 0) is 0 Å². The standard InChI is InChI=1S/C19H14ClN3O2S/c1-25-15-8-7-13(20)11-14(15)18(24)22-17-16(12-5-3-2-4-6-12)21-19-23(17)9-10-26-19/h2-11H,1H3,(H,22,24). The lowest BCUT2D eigenvalue weighted by Gasteiger charge is -2.10. The van der Waals surface area contributed by atoms with Gasteiger partial charge < -0.3 is 10.1 Å². The van der Waals surface area contributed by atoms with Gasteiger partial charge in [0.15, 0.2) is 4.96 Å². The molecule has 7 heteroatoms. The van der Waals surface area contributed by atoms with Crippen molar-refractivity contribution in [1.82, 2.24) is 9.38 Å². The molecule has 4 rings (SSSR count). The van der Waals surface area contributed by atoms with Gasteiger partial charge in [-0.1, -0.05) is 41.9 Å². The quantitative estimate of drug-likeness (QED) is 0.541. The average Bonchev–Trinajstić information content (AvgIpc) is 3.25. The third-order valence-electron chi connectivity index (χ3n) is 3.95. The lowest BCUT2D eigenvalue weighted by atomic mass is 10.1. The van der Waals surface area contributed by atoms with Crippen LogP contribution in [0.3, 0.4) is 0 Å². The second-order valence-electron chi connectivity index (χ2n) is 5.53. The summed E-state index contributed by atoms with van der Waals surface area (Å²) in [5.41, 5.74) is 2.01. The highest BCUT2D eigenvalue weighted by molar-refractivity contribution is 7.15. The first-order chi connectivity index (χ1) is 12.7. The van der Waals surface area contributed by atoms with Crippen molar-refractivity contribution in [3.63, 3.8) is 0 Å². The lowest BCUT2D eigenvalue weighted by Crippen LogP contribution is -2.15. The number of aromatic nitrogens is 2. The van der Waals surface area contributed by atoms with E-state index < -0.39 is 0 Å². The van der Waals surface area contributed by atoms with Crippen molar-refractivity contribution < 1.29 is 9.53 Å². The van der Waals surface area contributed by atoms with Gasteiger partial charge in [0.1, 0.15) is 17.3 Å². The van der Waals surface area contributed by atoms with Crippen molar-refractivity contribution in [3.05, 3.63) is 70.7 Å². The molecule has 0 aliphatic heterocycles. The number of nitrogens with zero attached hydrogens (tertiary/aromatic N) is 2. The molecule has 0 fully saturated rings. The van der Waals surface area contributed by atoms with Crippen molar-refractivity contribution in [3.8, 4) is 17.0 Å². The number of carbonyl (C=O) groups is 1. The van der Waals surface area contributed by atoms with E-state index in [1.165, 1.54) is 18.4 Å². The maximum absolute atomic E-state index is 12.9. The van der Waals surface area contributed by atoms with Gasteiger partial charge in [-0.2, -0.15) is 0 Å². The molecule has 130 valence electrons. The number of imidazole rings is 1. The third kappa shape index (κ3) is 2.94. The number of hydrogen-bond donors (Lipinski definition) is 1. The number of fused-ring (bicyclic) bond motifs is 1. The SMILES string of the molecule is COc1ccc(Cl)cc1C(=O)Nc1c(-c2ccccc2)nc2sccn12. The van der Waals surface area contributed by atoms with Crippen LogP contribution in [0.25, 0.3) is 16.2 Å². The summed E-state index contributed by atoms with van der Waals surface area (Å²) in [6.45, 7) is 0. The molecule has 0 bridgehead atoms. The fourth-order valence-corrected chi connectivity index (χ4v) is 3.62. The van der Waals surface area contributed by atoms with Gasteiger partial charge >= 0.3 is 0 Å². The molecule has 0 aliphatic rings. The van der Waals surface area contributed by atoms with Gasteiger partial charge in [0, 0.05) is 22.2 Å². The molecule has 2 aromatic heterocycles. The summed E-state index contributed by atoms with van der Waals surface area (Å²) in [6, 6.07) is 14.7. The van der Waals surface area contributed by atoms with E-state index in [9.17, 15) is 4.79 Å². The third-order valence-corrected chi connectivity index (χ3v) is 4.94. The summed E-state index contributed by atoms with van der Waals surface area (Å²) in [5, 5.41) is 5.36. The van der Waals surface area contributed by atoms with Gasteiger partial charge in [-0.25, -0.2) is 4.98 Å². The van der Waals surface area contributed by atoms with Crippen LogP contribution in [0.2, 0.25) is 5.02 Å². The Labute approximate surface area is 158 Å². The Morgan fingerprint density at radius 1 is 1.23 bits per heavy atom. The zero-order chi connectivity index (χ0) is 18.1. The van der Waals surface area contributed by atoms with E-state index in [1.807, 2.05) is 46.3 Å². The largest absolute Gasteiger partial charge is 0.496 e. The molecular formula is C19H14ClN3O2S. The molecular weight excluding hydrogens is 370 g/mol. The van der Waals surface area contributed by atoms with E-state index in [0.717, 1.165) is 10.5 Å². The predicted molar refractivity (Wildman–Crippen MR) is 104 cm³/mol. The predicted octanol–water partition coefficient (Wildman–Crippen LogP) is 4.98. The van der Waals surface area contributed by atoms with Crippen molar-refractivity contribution in [2.75, 3.05) is 12.4 Å². The minimum Gasteiger partial charge on any atom is -0.496 e. The number of methoxy groups -OCH3 is 1. The van der Waals surface area contributed by atoms with E-state index in [0.29, 0.717) is 27.8 Å². The average molecular weight is 384 g/mol. The fraction of sp³-hybridized carbons (Fsp3) is 0.0526. The van der Waals surface area contributed by atoms with Crippen LogP contribution in [0.1, 0.15) is 10.4 Å². The number of amides is 1. The van der Waals surface area contributed by atoms with E-state index in [-0.39, 0.29) is 5.91 Å². The number of hydrogen-bond acceptors (Lipinski definition) is 4. The Kier molecular flexibility index (Phi) is 4.36. The molecule has 0 unspecified atom stereocenters. The number of thiazole rings is 1. The Morgan fingerprint density at radius 2 is 2.04 bits per heavy atom. The van der Waals surface area contributed by atoms with Crippen molar-refractivity contribution in [1.29, 1.82) is 0 Å². The van der Waals surface area contributed by atoms with Gasteiger partial charge in [0.2, 0.25) is 0 Å². The molecule has 2 heterocycles. The lowest BCUT2D eigenvalue weighted by molar-refractivity contribution is 0.102. The summed E-state index contributed by atoms with van der Waals surface area (Å²) in [5.74, 6) is 0.758. The van der Waals surface area contributed by atoms with Gasteiger partial charge in [-0.15, -0.1) is 11.3 Å². The number of nitrogens with one attached hydrogen (secondary N) is 1. The molecule has 2 aromatic carbocycles. The monoisotopic (exact) mass is 383 g/mol. The van der Waals surface area contributed by atoms with Crippen LogP contribution < -0.4 is 10.1 Å². The normalized spacial score (nSPS) is 10.8. The highest BCUT2D eigenvalue weighted by Gasteiger charge is 2.20. The summed E-state index contributed by atoms with van der Waals surface area (Å²) in [6.07, 6.45) is 1.88. The van der Waals surface area contributed by atoms with Gasteiger partial charge in [0.25, 0.3) is 5.91 Å². The Bertz CT molecular complexity index is 1090. The maximum Gasteiger partial charge on any atom is 0.260 e. The second-order valence-corrected chi connectivity index (χ2v) is 6.84. The highest BCUT2D eigenvalue weighted by atomic mass is 35.5. The summed E-state index contributed by atoms with van der Waals surface area (Å²) in [7, 11) is 1.52. The number of halogens is 1. The molecule has 4 aromatic rings. The fourth-order valence-electron chi connectivity index (χ4n) is 2.74. The second kappa shape index (κ2) is 6.82. The van der Waals surface area contributed by atoms with Crippen molar-refractivity contribution in [2.24, 2.45) is 0 Å². The van der Waals surface area contributed by atoms with Gasteiger partial charge in [-0.05, 0) is 18.2 Å². The molecule has 0 radical (unpaired) electrons. The van der Waals surface area contributed by atoms with E-state index >= 15 is 0 Å². The zero-order valence-corrected chi connectivity index (χ0v) is 15.3. The molecule has 1 amide bonds. The van der Waals surface area contributed by atoms with E-state index in [1.54, 1.807) is 18.2 Å². The smallest absolute Gasteiger partial charge is 0.260 e. The highest BCUT2D eigenvalue weighted by Crippen LogP contribution is 2.32. The molecule has 26 heavy (non-hydrogen) atoms. The first-order valence-corrected chi connectivity index (χ1v) is 9.09. The van der Waals surface area contributed by atoms with Crippen LogP contribution >= 0.6 is 22.9 Å². The molecule has 0 spiro atoms. The first kappa shape index (κ1) is 16.6. The number of carbonyl (C=O) groups excluding carboxylic acids is 1. The minimum atomic E-state index is -0.311. The van der Waals surface area contributed by atoms with Crippen molar-refractivity contribution >= 4 is 39.6 Å². The Morgan fingerprint density at radius 3 is 2.81 bits per heavy atom. The molecule has 1 N–H and O–H groups in total. The Balaban J connectivity index is 1.79. The van der Waals surface area contributed by atoms with Crippen LogP contribution in [0.4, 0.5) is 5.82 Å². The molecule has 0 saturated carbocycles. The molecule has 5 nitrogen and oxygen atoms in total. The van der Waals surface area contributed by atoms with Crippen LogP contribution in [-0.4, -0.2) is 22.4 Å². The summed E-state index contributed by atoms with van der Waals surface area (Å²) in [4.78, 5) is 18.4.